The zero-order chi connectivity index (χ0) is 17.9. The number of nitrogens with one attached hydrogen (secondary N) is 1. The fourth-order valence-electron chi connectivity index (χ4n) is 2.46. The first-order valence-corrected chi connectivity index (χ1v) is 8.58. The third-order valence-electron chi connectivity index (χ3n) is 3.63. The summed E-state index contributed by atoms with van der Waals surface area (Å²) < 4.78 is 50.1. The predicted molar refractivity (Wildman–Crippen MR) is 79.3 cm³/mol. The van der Waals surface area contributed by atoms with Gasteiger partial charge in [-0.3, -0.25) is 9.59 Å². The van der Waals surface area contributed by atoms with Gasteiger partial charge in [0.05, 0.1) is 11.4 Å². The van der Waals surface area contributed by atoms with Crippen molar-refractivity contribution in [2.75, 3.05) is 13.1 Å². The fourth-order valence-corrected chi connectivity index (χ4v) is 4.11. The average molecular weight is 362 g/mol. The molecule has 132 valence electrons. The number of benzene rings is 1. The Kier molecular flexibility index (Phi) is 5.50. The van der Waals surface area contributed by atoms with Crippen LogP contribution in [0.3, 0.4) is 0 Å². The number of carboxylic acids is 1. The highest BCUT2D eigenvalue weighted by Gasteiger charge is 2.39. The molecular weight excluding hydrogens is 346 g/mol. The molecular formula is C14H16F2N2O5S. The van der Waals surface area contributed by atoms with Crippen molar-refractivity contribution in [1.82, 2.24) is 9.62 Å². The maximum Gasteiger partial charge on any atom is 0.322 e. The third kappa shape index (κ3) is 3.88. The largest absolute Gasteiger partial charge is 0.480 e. The number of sulfonamides is 1. The zero-order valence-electron chi connectivity index (χ0n) is 12.5. The van der Waals surface area contributed by atoms with Crippen molar-refractivity contribution in [2.24, 2.45) is 0 Å². The van der Waals surface area contributed by atoms with Crippen LogP contribution in [0.5, 0.6) is 0 Å². The van der Waals surface area contributed by atoms with E-state index in [1.54, 1.807) is 0 Å². The second-order valence-electron chi connectivity index (χ2n) is 5.24. The summed E-state index contributed by atoms with van der Waals surface area (Å²) in [6, 6.07) is 3.59. The Balaban J connectivity index is 2.17. The fraction of sp³-hybridized carbons (Fsp3) is 0.429. The molecule has 1 atom stereocenters. The lowest BCUT2D eigenvalue weighted by molar-refractivity contribution is -0.140. The molecule has 1 aromatic carbocycles. The molecule has 0 spiro atoms. The molecule has 0 aromatic heterocycles. The molecule has 24 heavy (non-hydrogen) atoms. The summed E-state index contributed by atoms with van der Waals surface area (Å²) in [6.45, 7) is -0.692. The predicted octanol–water partition coefficient (Wildman–Crippen LogP) is 0.919. The van der Waals surface area contributed by atoms with Gasteiger partial charge in [0.2, 0.25) is 10.0 Å². The molecule has 0 unspecified atom stereocenters. The average Bonchev–Trinajstić information content (AvgIpc) is 3.03. The van der Waals surface area contributed by atoms with E-state index in [-0.39, 0.29) is 23.4 Å². The number of carbonyl (C=O) groups excluding carboxylic acids is 1. The second-order valence-corrected chi connectivity index (χ2v) is 7.13. The summed E-state index contributed by atoms with van der Waals surface area (Å²) >= 11 is 0. The van der Waals surface area contributed by atoms with E-state index in [9.17, 15) is 26.8 Å². The van der Waals surface area contributed by atoms with Gasteiger partial charge in [0.1, 0.15) is 6.04 Å². The van der Waals surface area contributed by atoms with E-state index in [1.165, 1.54) is 12.1 Å². The van der Waals surface area contributed by atoms with Gasteiger partial charge in [0, 0.05) is 12.1 Å². The smallest absolute Gasteiger partial charge is 0.322 e. The van der Waals surface area contributed by atoms with Crippen molar-refractivity contribution < 1.29 is 31.9 Å². The van der Waals surface area contributed by atoms with E-state index in [0.717, 1.165) is 16.4 Å². The number of rotatable bonds is 6. The van der Waals surface area contributed by atoms with Crippen molar-refractivity contribution in [2.45, 2.75) is 30.2 Å². The summed E-state index contributed by atoms with van der Waals surface area (Å²) in [5.41, 5.74) is 0.0332. The number of hydrogen-bond acceptors (Lipinski definition) is 4. The van der Waals surface area contributed by atoms with Crippen LogP contribution in [-0.4, -0.2) is 55.3 Å². The van der Waals surface area contributed by atoms with Gasteiger partial charge in [0.15, 0.2) is 0 Å². The Bertz CT molecular complexity index is 721. The van der Waals surface area contributed by atoms with Crippen LogP contribution in [0.2, 0.25) is 0 Å². The van der Waals surface area contributed by atoms with Crippen LogP contribution < -0.4 is 5.32 Å². The van der Waals surface area contributed by atoms with Gasteiger partial charge in [-0.1, -0.05) is 0 Å². The molecule has 1 aliphatic rings. The first kappa shape index (κ1) is 18.3. The standard InChI is InChI=1S/C14H16F2N2O5S/c15-12(16)8-17-13(19)9-3-5-10(6-4-9)24(22,23)18-7-1-2-11(18)14(20)21/h3-6,11-12H,1-2,7-8H2,(H,17,19)(H,20,21)/t11-/m0/s1. The first-order chi connectivity index (χ1) is 11.2. The molecule has 0 bridgehead atoms. The number of alkyl halides is 2. The highest BCUT2D eigenvalue weighted by atomic mass is 32.2. The monoisotopic (exact) mass is 362 g/mol. The lowest BCUT2D eigenvalue weighted by Crippen LogP contribution is -2.40. The number of amides is 1. The normalized spacial score (nSPS) is 18.7. The Morgan fingerprint density at radius 3 is 2.46 bits per heavy atom. The Morgan fingerprint density at radius 2 is 1.92 bits per heavy atom. The molecule has 1 aliphatic heterocycles. The van der Waals surface area contributed by atoms with E-state index in [2.05, 4.69) is 0 Å². The van der Waals surface area contributed by atoms with Gasteiger partial charge in [-0.2, -0.15) is 4.31 Å². The number of hydrogen-bond donors (Lipinski definition) is 2. The van der Waals surface area contributed by atoms with Gasteiger partial charge in [-0.05, 0) is 37.1 Å². The van der Waals surface area contributed by atoms with E-state index in [0.29, 0.717) is 6.42 Å². The van der Waals surface area contributed by atoms with E-state index in [4.69, 9.17) is 5.11 Å². The van der Waals surface area contributed by atoms with Crippen LogP contribution in [0, 0.1) is 0 Å². The second kappa shape index (κ2) is 7.22. The minimum Gasteiger partial charge on any atom is -0.480 e. The molecule has 2 N–H and O–H groups in total. The topological polar surface area (TPSA) is 104 Å². The van der Waals surface area contributed by atoms with Crippen molar-refractivity contribution in [3.8, 4) is 0 Å². The SMILES string of the molecule is O=C(NCC(F)F)c1ccc(S(=O)(=O)N2CCC[C@H]2C(=O)O)cc1. The van der Waals surface area contributed by atoms with Gasteiger partial charge in [-0.25, -0.2) is 17.2 Å². The van der Waals surface area contributed by atoms with Gasteiger partial charge < -0.3 is 10.4 Å². The van der Waals surface area contributed by atoms with Gasteiger partial charge in [-0.15, -0.1) is 0 Å². The summed E-state index contributed by atoms with van der Waals surface area (Å²) in [5.74, 6) is -1.96. The summed E-state index contributed by atoms with van der Waals surface area (Å²) in [5, 5.41) is 11.1. The number of halogens is 2. The zero-order valence-corrected chi connectivity index (χ0v) is 13.3. The van der Waals surface area contributed by atoms with Crippen molar-refractivity contribution in [1.29, 1.82) is 0 Å². The molecule has 10 heteroatoms. The molecule has 0 saturated carbocycles. The highest BCUT2D eigenvalue weighted by Crippen LogP contribution is 2.26. The number of aliphatic carboxylic acids is 1. The van der Waals surface area contributed by atoms with E-state index in [1.807, 2.05) is 5.32 Å². The number of carbonyl (C=O) groups is 2. The van der Waals surface area contributed by atoms with E-state index >= 15 is 0 Å². The molecule has 1 aromatic rings. The molecule has 1 amide bonds. The molecule has 1 heterocycles. The minimum atomic E-state index is -4.00. The maximum absolute atomic E-state index is 12.5. The molecule has 0 radical (unpaired) electrons. The van der Waals surface area contributed by atoms with E-state index < -0.39 is 40.9 Å². The Hall–Kier alpha value is -2.07. The van der Waals surface area contributed by atoms with Crippen molar-refractivity contribution in [3.05, 3.63) is 29.8 Å². The first-order valence-electron chi connectivity index (χ1n) is 7.14. The summed E-state index contributed by atoms with van der Waals surface area (Å²) in [7, 11) is -4.00. The quantitative estimate of drug-likeness (QED) is 0.783. The summed E-state index contributed by atoms with van der Waals surface area (Å²) in [6.07, 6.45) is -2.00. The van der Waals surface area contributed by atoms with Gasteiger partial charge in [0.25, 0.3) is 12.3 Å². The molecule has 2 rings (SSSR count). The molecule has 0 aliphatic carbocycles. The Labute approximate surface area is 137 Å². The molecule has 1 saturated heterocycles. The number of carboxylic acid groups (broad SMARTS) is 1. The number of nitrogens with zero attached hydrogens (tertiary/aromatic N) is 1. The van der Waals surface area contributed by atoms with Crippen LogP contribution in [0.25, 0.3) is 0 Å². The maximum atomic E-state index is 12.5. The van der Waals surface area contributed by atoms with Crippen molar-refractivity contribution in [3.63, 3.8) is 0 Å². The van der Waals surface area contributed by atoms with Crippen LogP contribution in [0.15, 0.2) is 29.2 Å². The Morgan fingerprint density at radius 1 is 1.29 bits per heavy atom. The highest BCUT2D eigenvalue weighted by molar-refractivity contribution is 7.89. The lowest BCUT2D eigenvalue weighted by atomic mass is 10.2. The summed E-state index contributed by atoms with van der Waals surface area (Å²) in [4.78, 5) is 22.6. The van der Waals surface area contributed by atoms with Gasteiger partial charge >= 0.3 is 5.97 Å². The van der Waals surface area contributed by atoms with Crippen LogP contribution >= 0.6 is 0 Å². The van der Waals surface area contributed by atoms with Crippen molar-refractivity contribution >= 4 is 21.9 Å². The van der Waals surface area contributed by atoms with Crippen LogP contribution in [0.4, 0.5) is 8.78 Å². The lowest BCUT2D eigenvalue weighted by Gasteiger charge is -2.21. The van der Waals surface area contributed by atoms with Crippen LogP contribution in [0.1, 0.15) is 23.2 Å². The third-order valence-corrected chi connectivity index (χ3v) is 5.55. The molecule has 1 fully saturated rings. The van der Waals surface area contributed by atoms with Crippen LogP contribution in [-0.2, 0) is 14.8 Å². The molecule has 7 nitrogen and oxygen atoms in total. The minimum absolute atomic E-state index is 0.0332.